The van der Waals surface area contributed by atoms with Crippen LogP contribution in [0.4, 0.5) is 6.01 Å². The molecule has 0 aromatic carbocycles. The van der Waals surface area contributed by atoms with E-state index in [9.17, 15) is 0 Å². The maximum absolute atomic E-state index is 5.56. The highest BCUT2D eigenvalue weighted by Crippen LogP contribution is 2.22. The van der Waals surface area contributed by atoms with Crippen LogP contribution in [0.25, 0.3) is 0 Å². The predicted molar refractivity (Wildman–Crippen MR) is 62.3 cm³/mol. The average Bonchev–Trinajstić information content (AvgIpc) is 2.90. The van der Waals surface area contributed by atoms with E-state index >= 15 is 0 Å². The van der Waals surface area contributed by atoms with Crippen LogP contribution in [0, 0.1) is 0 Å². The third kappa shape index (κ3) is 2.72. The molecule has 0 saturated heterocycles. The van der Waals surface area contributed by atoms with Crippen molar-refractivity contribution >= 4 is 6.01 Å². The molecule has 1 aromatic rings. The molecule has 1 aliphatic rings. The van der Waals surface area contributed by atoms with E-state index in [2.05, 4.69) is 27.8 Å². The lowest BCUT2D eigenvalue weighted by molar-refractivity contribution is 0.426. The van der Waals surface area contributed by atoms with Gasteiger partial charge < -0.3 is 15.1 Å². The van der Waals surface area contributed by atoms with Gasteiger partial charge in [-0.25, -0.2) is 0 Å². The Labute approximate surface area is 96.0 Å². The van der Waals surface area contributed by atoms with Crippen LogP contribution < -0.4 is 10.6 Å². The van der Waals surface area contributed by atoms with Crippen LogP contribution in [0.15, 0.2) is 4.42 Å². The quantitative estimate of drug-likeness (QED) is 0.802. The standard InChI is InChI=1S/C11H20N4O/c1-3-12-8(2)10-14-15-11(16-10)13-9-6-4-5-7-9/h8-9,12H,3-7H2,1-2H3,(H,13,15). The molecule has 0 spiro atoms. The highest BCUT2D eigenvalue weighted by atomic mass is 16.4. The van der Waals surface area contributed by atoms with Crippen LogP contribution in [0.1, 0.15) is 51.5 Å². The Morgan fingerprint density at radius 1 is 1.38 bits per heavy atom. The van der Waals surface area contributed by atoms with Gasteiger partial charge in [0, 0.05) is 6.04 Å². The molecule has 2 N–H and O–H groups in total. The Bertz CT molecular complexity index is 320. The minimum absolute atomic E-state index is 0.122. The number of nitrogens with one attached hydrogen (secondary N) is 2. The average molecular weight is 224 g/mol. The fraction of sp³-hybridized carbons (Fsp3) is 0.818. The van der Waals surface area contributed by atoms with Crippen molar-refractivity contribution in [2.45, 2.75) is 51.6 Å². The van der Waals surface area contributed by atoms with E-state index in [4.69, 9.17) is 4.42 Å². The van der Waals surface area contributed by atoms with Crippen molar-refractivity contribution < 1.29 is 4.42 Å². The molecular formula is C11H20N4O. The lowest BCUT2D eigenvalue weighted by atomic mass is 10.3. The summed E-state index contributed by atoms with van der Waals surface area (Å²) in [6, 6.07) is 1.20. The number of nitrogens with zero attached hydrogens (tertiary/aromatic N) is 2. The Morgan fingerprint density at radius 3 is 2.81 bits per heavy atom. The molecule has 1 saturated carbocycles. The summed E-state index contributed by atoms with van der Waals surface area (Å²) in [6.07, 6.45) is 5.01. The third-order valence-corrected chi connectivity index (χ3v) is 3.00. The predicted octanol–water partition coefficient (Wildman–Crippen LogP) is 2.09. The van der Waals surface area contributed by atoms with Gasteiger partial charge in [0.2, 0.25) is 5.89 Å². The van der Waals surface area contributed by atoms with Crippen molar-refractivity contribution in [2.24, 2.45) is 0 Å². The molecule has 0 aliphatic heterocycles. The number of hydrogen-bond donors (Lipinski definition) is 2. The summed E-state index contributed by atoms with van der Waals surface area (Å²) in [5.74, 6) is 0.655. The van der Waals surface area contributed by atoms with Gasteiger partial charge in [-0.05, 0) is 26.3 Å². The molecule has 2 rings (SSSR count). The molecule has 0 bridgehead atoms. The smallest absolute Gasteiger partial charge is 0.315 e. The molecular weight excluding hydrogens is 204 g/mol. The Kier molecular flexibility index (Phi) is 3.77. The van der Waals surface area contributed by atoms with Crippen molar-refractivity contribution in [2.75, 3.05) is 11.9 Å². The number of hydrogen-bond acceptors (Lipinski definition) is 5. The number of aromatic nitrogens is 2. The van der Waals surface area contributed by atoms with E-state index in [0.29, 0.717) is 17.9 Å². The van der Waals surface area contributed by atoms with Gasteiger partial charge in [0.1, 0.15) is 0 Å². The summed E-state index contributed by atoms with van der Waals surface area (Å²) < 4.78 is 5.56. The molecule has 1 aromatic heterocycles. The molecule has 1 atom stereocenters. The summed E-state index contributed by atoms with van der Waals surface area (Å²) in [7, 11) is 0. The van der Waals surface area contributed by atoms with Gasteiger partial charge >= 0.3 is 6.01 Å². The van der Waals surface area contributed by atoms with Gasteiger partial charge in [0.25, 0.3) is 0 Å². The van der Waals surface area contributed by atoms with Crippen molar-refractivity contribution in [3.63, 3.8) is 0 Å². The van der Waals surface area contributed by atoms with Crippen LogP contribution in [-0.4, -0.2) is 22.8 Å². The van der Waals surface area contributed by atoms with Gasteiger partial charge in [0.15, 0.2) is 0 Å². The third-order valence-electron chi connectivity index (χ3n) is 3.00. The minimum atomic E-state index is 0.122. The first kappa shape index (κ1) is 11.4. The molecule has 0 radical (unpaired) electrons. The maximum Gasteiger partial charge on any atom is 0.315 e. The molecule has 1 fully saturated rings. The summed E-state index contributed by atoms with van der Waals surface area (Å²) in [5.41, 5.74) is 0. The zero-order chi connectivity index (χ0) is 11.4. The van der Waals surface area contributed by atoms with E-state index in [0.717, 1.165) is 6.54 Å². The van der Waals surface area contributed by atoms with E-state index in [1.54, 1.807) is 0 Å². The van der Waals surface area contributed by atoms with Crippen LogP contribution >= 0.6 is 0 Å². The van der Waals surface area contributed by atoms with Gasteiger partial charge in [-0.2, -0.15) is 0 Å². The molecule has 90 valence electrons. The highest BCUT2D eigenvalue weighted by molar-refractivity contribution is 5.20. The summed E-state index contributed by atoms with van der Waals surface area (Å²) in [5, 5.41) is 14.6. The molecule has 5 heteroatoms. The van der Waals surface area contributed by atoms with Crippen LogP contribution in [0.2, 0.25) is 0 Å². The van der Waals surface area contributed by atoms with Crippen molar-refractivity contribution in [3.8, 4) is 0 Å². The largest absolute Gasteiger partial charge is 0.406 e. The maximum atomic E-state index is 5.56. The normalized spacial score (nSPS) is 18.9. The highest BCUT2D eigenvalue weighted by Gasteiger charge is 2.18. The molecule has 16 heavy (non-hydrogen) atoms. The first-order valence-corrected chi connectivity index (χ1v) is 6.13. The molecule has 1 aliphatic carbocycles. The van der Waals surface area contributed by atoms with Gasteiger partial charge in [-0.1, -0.05) is 24.9 Å². The number of anilines is 1. The lowest BCUT2D eigenvalue weighted by Gasteiger charge is -2.09. The fourth-order valence-corrected chi connectivity index (χ4v) is 2.11. The van der Waals surface area contributed by atoms with Gasteiger partial charge in [0.05, 0.1) is 6.04 Å². The second-order valence-corrected chi connectivity index (χ2v) is 4.35. The number of rotatable bonds is 5. The zero-order valence-electron chi connectivity index (χ0n) is 9.99. The van der Waals surface area contributed by atoms with Crippen molar-refractivity contribution in [1.82, 2.24) is 15.5 Å². The lowest BCUT2D eigenvalue weighted by Crippen LogP contribution is -2.18. The Morgan fingerprint density at radius 2 is 2.12 bits per heavy atom. The van der Waals surface area contributed by atoms with Crippen LogP contribution in [-0.2, 0) is 0 Å². The van der Waals surface area contributed by atoms with E-state index in [1.165, 1.54) is 25.7 Å². The zero-order valence-corrected chi connectivity index (χ0v) is 9.99. The SMILES string of the molecule is CCNC(C)c1nnc(NC2CCCC2)o1. The monoisotopic (exact) mass is 224 g/mol. The van der Waals surface area contributed by atoms with Crippen molar-refractivity contribution in [3.05, 3.63) is 5.89 Å². The summed E-state index contributed by atoms with van der Waals surface area (Å²) >= 11 is 0. The van der Waals surface area contributed by atoms with Crippen molar-refractivity contribution in [1.29, 1.82) is 0 Å². The Hall–Kier alpha value is -1.10. The second kappa shape index (κ2) is 5.30. The molecule has 0 amide bonds. The second-order valence-electron chi connectivity index (χ2n) is 4.35. The van der Waals surface area contributed by atoms with E-state index in [1.807, 2.05) is 6.92 Å². The van der Waals surface area contributed by atoms with Crippen LogP contribution in [0.3, 0.4) is 0 Å². The van der Waals surface area contributed by atoms with Gasteiger partial charge in [-0.15, -0.1) is 5.10 Å². The Balaban J connectivity index is 1.90. The fourth-order valence-electron chi connectivity index (χ4n) is 2.11. The summed E-state index contributed by atoms with van der Waals surface area (Å²) in [6.45, 7) is 4.98. The first-order valence-electron chi connectivity index (χ1n) is 6.13. The van der Waals surface area contributed by atoms with Gasteiger partial charge in [-0.3, -0.25) is 0 Å². The first-order chi connectivity index (χ1) is 7.79. The molecule has 1 heterocycles. The molecule has 5 nitrogen and oxygen atoms in total. The summed E-state index contributed by atoms with van der Waals surface area (Å²) in [4.78, 5) is 0. The van der Waals surface area contributed by atoms with E-state index in [-0.39, 0.29) is 6.04 Å². The van der Waals surface area contributed by atoms with Crippen LogP contribution in [0.5, 0.6) is 0 Å². The molecule has 1 unspecified atom stereocenters. The minimum Gasteiger partial charge on any atom is -0.406 e. The topological polar surface area (TPSA) is 63.0 Å². The van der Waals surface area contributed by atoms with E-state index < -0.39 is 0 Å².